The zero-order valence-corrected chi connectivity index (χ0v) is 13.9. The van der Waals surface area contributed by atoms with Gasteiger partial charge in [-0.1, -0.05) is 37.6 Å². The van der Waals surface area contributed by atoms with E-state index in [1.807, 2.05) is 13.8 Å². The quantitative estimate of drug-likeness (QED) is 0.774. The van der Waals surface area contributed by atoms with E-state index in [4.69, 9.17) is 11.6 Å². The molecule has 1 unspecified atom stereocenters. The predicted octanol–water partition coefficient (Wildman–Crippen LogP) is 5.15. The van der Waals surface area contributed by atoms with Crippen LogP contribution in [0.4, 0.5) is 19.0 Å². The standard InChI is InChI=1S/C16H17ClF3N3O/c1-3-12(23-15-14(17)13(4-2)21-9-22-15)10-5-7-11(8-6-10)24-16(18,19)20/h5-9,12H,3-4H2,1-2H3,(H,21,22,23). The van der Waals surface area contributed by atoms with Crippen LogP contribution in [-0.4, -0.2) is 16.3 Å². The van der Waals surface area contributed by atoms with Crippen LogP contribution in [0.25, 0.3) is 0 Å². The Morgan fingerprint density at radius 1 is 1.17 bits per heavy atom. The summed E-state index contributed by atoms with van der Waals surface area (Å²) < 4.78 is 40.5. The van der Waals surface area contributed by atoms with Crippen LogP contribution in [0, 0.1) is 0 Å². The molecule has 1 atom stereocenters. The van der Waals surface area contributed by atoms with E-state index in [0.29, 0.717) is 23.7 Å². The van der Waals surface area contributed by atoms with Crippen molar-refractivity contribution in [3.8, 4) is 5.75 Å². The molecule has 0 saturated carbocycles. The van der Waals surface area contributed by atoms with Crippen LogP contribution in [0.5, 0.6) is 5.75 Å². The van der Waals surface area contributed by atoms with E-state index in [2.05, 4.69) is 20.0 Å². The van der Waals surface area contributed by atoms with E-state index in [1.165, 1.54) is 18.5 Å². The van der Waals surface area contributed by atoms with Crippen molar-refractivity contribution in [1.82, 2.24) is 9.97 Å². The van der Waals surface area contributed by atoms with Gasteiger partial charge >= 0.3 is 6.36 Å². The Labute approximate surface area is 143 Å². The van der Waals surface area contributed by atoms with Gasteiger partial charge < -0.3 is 10.1 Å². The number of hydrogen-bond acceptors (Lipinski definition) is 4. The number of ether oxygens (including phenoxy) is 1. The number of aromatic nitrogens is 2. The van der Waals surface area contributed by atoms with Gasteiger partial charge in [-0.3, -0.25) is 0 Å². The molecule has 4 nitrogen and oxygen atoms in total. The number of benzene rings is 1. The number of rotatable bonds is 6. The van der Waals surface area contributed by atoms with Crippen molar-refractivity contribution in [3.05, 3.63) is 46.9 Å². The van der Waals surface area contributed by atoms with Gasteiger partial charge in [-0.2, -0.15) is 0 Å². The van der Waals surface area contributed by atoms with Gasteiger partial charge in [-0.05, 0) is 30.5 Å². The fourth-order valence-corrected chi connectivity index (χ4v) is 2.53. The number of anilines is 1. The van der Waals surface area contributed by atoms with Crippen LogP contribution in [-0.2, 0) is 6.42 Å². The first-order valence-electron chi connectivity index (χ1n) is 7.45. The summed E-state index contributed by atoms with van der Waals surface area (Å²) >= 11 is 6.26. The third kappa shape index (κ3) is 4.74. The van der Waals surface area contributed by atoms with Crippen molar-refractivity contribution < 1.29 is 17.9 Å². The number of nitrogens with zero attached hydrogens (tertiary/aromatic N) is 2. The highest BCUT2D eigenvalue weighted by Gasteiger charge is 2.31. The molecule has 2 aromatic rings. The maximum Gasteiger partial charge on any atom is 0.573 e. The normalized spacial score (nSPS) is 12.8. The van der Waals surface area contributed by atoms with E-state index in [1.54, 1.807) is 12.1 Å². The molecular weight excluding hydrogens is 343 g/mol. The van der Waals surface area contributed by atoms with Gasteiger partial charge in [0.05, 0.1) is 11.7 Å². The van der Waals surface area contributed by atoms with Crippen LogP contribution < -0.4 is 10.1 Å². The summed E-state index contributed by atoms with van der Waals surface area (Å²) in [5, 5.41) is 3.66. The maximum absolute atomic E-state index is 12.2. The number of hydrogen-bond donors (Lipinski definition) is 1. The van der Waals surface area contributed by atoms with Crippen LogP contribution in [0.15, 0.2) is 30.6 Å². The Bertz CT molecular complexity index is 677. The smallest absolute Gasteiger partial charge is 0.406 e. The summed E-state index contributed by atoms with van der Waals surface area (Å²) in [7, 11) is 0. The summed E-state index contributed by atoms with van der Waals surface area (Å²) in [6, 6.07) is 5.58. The SMILES string of the molecule is CCc1ncnc(NC(CC)c2ccc(OC(F)(F)F)cc2)c1Cl. The molecule has 0 saturated heterocycles. The number of nitrogens with one attached hydrogen (secondary N) is 1. The third-order valence-electron chi connectivity index (χ3n) is 3.43. The van der Waals surface area contributed by atoms with Gasteiger partial charge in [-0.15, -0.1) is 13.2 Å². The molecule has 1 heterocycles. The molecule has 0 radical (unpaired) electrons. The first-order valence-corrected chi connectivity index (χ1v) is 7.83. The topological polar surface area (TPSA) is 47.0 Å². The average Bonchev–Trinajstić information content (AvgIpc) is 2.53. The molecule has 24 heavy (non-hydrogen) atoms. The summed E-state index contributed by atoms with van der Waals surface area (Å²) in [4.78, 5) is 8.24. The van der Waals surface area contributed by atoms with Gasteiger partial charge in [0.15, 0.2) is 0 Å². The Hall–Kier alpha value is -2.02. The van der Waals surface area contributed by atoms with Crippen LogP contribution in [0.1, 0.15) is 37.6 Å². The number of halogens is 4. The molecule has 8 heteroatoms. The second-order valence-corrected chi connectivity index (χ2v) is 5.44. The summed E-state index contributed by atoms with van der Waals surface area (Å²) in [6.45, 7) is 3.89. The molecular formula is C16H17ClF3N3O. The molecule has 0 aliphatic rings. The van der Waals surface area contributed by atoms with Crippen molar-refractivity contribution in [2.24, 2.45) is 0 Å². The van der Waals surface area contributed by atoms with Crippen LogP contribution >= 0.6 is 11.6 Å². The van der Waals surface area contributed by atoms with E-state index < -0.39 is 6.36 Å². The molecule has 1 N–H and O–H groups in total. The first kappa shape index (κ1) is 18.3. The predicted molar refractivity (Wildman–Crippen MR) is 86.2 cm³/mol. The van der Waals surface area contributed by atoms with E-state index in [9.17, 15) is 13.2 Å². The molecule has 1 aromatic carbocycles. The molecule has 2 rings (SSSR count). The minimum absolute atomic E-state index is 0.151. The number of alkyl halides is 3. The molecule has 0 amide bonds. The largest absolute Gasteiger partial charge is 0.573 e. The third-order valence-corrected chi connectivity index (χ3v) is 3.83. The fourth-order valence-electron chi connectivity index (χ4n) is 2.24. The molecule has 0 spiro atoms. The molecule has 0 fully saturated rings. The van der Waals surface area contributed by atoms with E-state index in [0.717, 1.165) is 11.3 Å². The number of aryl methyl sites for hydroxylation is 1. The van der Waals surface area contributed by atoms with Crippen molar-refractivity contribution in [2.45, 2.75) is 39.1 Å². The minimum atomic E-state index is -4.70. The first-order chi connectivity index (χ1) is 11.3. The molecule has 0 aliphatic heterocycles. The van der Waals surface area contributed by atoms with Crippen molar-refractivity contribution in [3.63, 3.8) is 0 Å². The zero-order valence-electron chi connectivity index (χ0n) is 13.2. The van der Waals surface area contributed by atoms with E-state index in [-0.39, 0.29) is 11.8 Å². The van der Waals surface area contributed by atoms with Gasteiger partial charge in [0.25, 0.3) is 0 Å². The van der Waals surface area contributed by atoms with Crippen molar-refractivity contribution >= 4 is 17.4 Å². The second kappa shape index (κ2) is 7.70. The highest BCUT2D eigenvalue weighted by molar-refractivity contribution is 6.33. The van der Waals surface area contributed by atoms with E-state index >= 15 is 0 Å². The molecule has 0 aliphatic carbocycles. The lowest BCUT2D eigenvalue weighted by Gasteiger charge is -2.20. The zero-order chi connectivity index (χ0) is 17.7. The summed E-state index contributed by atoms with van der Waals surface area (Å²) in [5.41, 5.74) is 1.54. The van der Waals surface area contributed by atoms with Gasteiger partial charge in [0, 0.05) is 0 Å². The van der Waals surface area contributed by atoms with Crippen molar-refractivity contribution in [2.75, 3.05) is 5.32 Å². The fraction of sp³-hybridized carbons (Fsp3) is 0.375. The second-order valence-electron chi connectivity index (χ2n) is 5.06. The molecule has 1 aromatic heterocycles. The lowest BCUT2D eigenvalue weighted by atomic mass is 10.0. The van der Waals surface area contributed by atoms with Crippen LogP contribution in [0.3, 0.4) is 0 Å². The monoisotopic (exact) mass is 359 g/mol. The summed E-state index contributed by atoms with van der Waals surface area (Å²) in [5.74, 6) is 0.250. The lowest BCUT2D eigenvalue weighted by molar-refractivity contribution is -0.274. The van der Waals surface area contributed by atoms with Crippen LogP contribution in [0.2, 0.25) is 5.02 Å². The summed E-state index contributed by atoms with van der Waals surface area (Å²) in [6.07, 6.45) is -1.90. The van der Waals surface area contributed by atoms with Gasteiger partial charge in [0.1, 0.15) is 22.9 Å². The van der Waals surface area contributed by atoms with Gasteiger partial charge in [0.2, 0.25) is 0 Å². The lowest BCUT2D eigenvalue weighted by Crippen LogP contribution is -2.17. The van der Waals surface area contributed by atoms with Crippen molar-refractivity contribution in [1.29, 1.82) is 0 Å². The Morgan fingerprint density at radius 3 is 2.38 bits per heavy atom. The average molecular weight is 360 g/mol. The Morgan fingerprint density at radius 2 is 1.83 bits per heavy atom. The maximum atomic E-state index is 12.2. The highest BCUT2D eigenvalue weighted by Crippen LogP contribution is 2.29. The highest BCUT2D eigenvalue weighted by atomic mass is 35.5. The minimum Gasteiger partial charge on any atom is -0.406 e. The Balaban J connectivity index is 2.17. The molecule has 130 valence electrons. The van der Waals surface area contributed by atoms with Gasteiger partial charge in [-0.25, -0.2) is 9.97 Å². The molecule has 0 bridgehead atoms. The Kier molecular flexibility index (Phi) is 5.88.